The van der Waals surface area contributed by atoms with Gasteiger partial charge in [0.2, 0.25) is 0 Å². The lowest BCUT2D eigenvalue weighted by atomic mass is 9.95. The maximum absolute atomic E-state index is 4.72. The molecule has 0 saturated carbocycles. The SMILES string of the molecule is CNc1nc(C(C)(C)C)nc(NCc2cscc2C)c1C. The molecule has 0 unspecified atom stereocenters. The average Bonchev–Trinajstić information content (AvgIpc) is 2.82. The standard InChI is InChI=1S/C16H24N4S/c1-10-8-21-9-12(10)7-18-14-11(2)13(17-6)19-15(20-14)16(3,4)5/h8-9H,7H2,1-6H3,(H2,17,18,19,20). The van der Waals surface area contributed by atoms with Crippen molar-refractivity contribution in [2.75, 3.05) is 17.7 Å². The zero-order valence-corrected chi connectivity index (χ0v) is 14.5. The fourth-order valence-corrected chi connectivity index (χ4v) is 2.87. The van der Waals surface area contributed by atoms with E-state index in [1.54, 1.807) is 11.3 Å². The molecule has 0 bridgehead atoms. The van der Waals surface area contributed by atoms with Crippen LogP contribution in [0.1, 0.15) is 43.3 Å². The van der Waals surface area contributed by atoms with Crippen LogP contribution in [0.15, 0.2) is 10.8 Å². The van der Waals surface area contributed by atoms with E-state index < -0.39 is 0 Å². The van der Waals surface area contributed by atoms with Crippen LogP contribution in [0.4, 0.5) is 11.6 Å². The first-order valence-electron chi connectivity index (χ1n) is 7.15. The highest BCUT2D eigenvalue weighted by Gasteiger charge is 2.20. The number of thiophene rings is 1. The van der Waals surface area contributed by atoms with Crippen LogP contribution in [0.2, 0.25) is 0 Å². The number of aromatic nitrogens is 2. The number of nitrogens with one attached hydrogen (secondary N) is 2. The molecule has 0 amide bonds. The summed E-state index contributed by atoms with van der Waals surface area (Å²) in [5, 5.41) is 11.0. The van der Waals surface area contributed by atoms with Gasteiger partial charge in [-0.15, -0.1) is 0 Å². The summed E-state index contributed by atoms with van der Waals surface area (Å²) in [6, 6.07) is 0. The van der Waals surface area contributed by atoms with Gasteiger partial charge in [-0.1, -0.05) is 20.8 Å². The van der Waals surface area contributed by atoms with E-state index in [4.69, 9.17) is 4.98 Å². The van der Waals surface area contributed by atoms with Crippen LogP contribution in [-0.2, 0) is 12.0 Å². The molecule has 21 heavy (non-hydrogen) atoms. The van der Waals surface area contributed by atoms with Crippen molar-refractivity contribution in [2.24, 2.45) is 0 Å². The van der Waals surface area contributed by atoms with E-state index in [1.807, 2.05) is 14.0 Å². The smallest absolute Gasteiger partial charge is 0.138 e. The lowest BCUT2D eigenvalue weighted by molar-refractivity contribution is 0.546. The highest BCUT2D eigenvalue weighted by Crippen LogP contribution is 2.26. The molecular weight excluding hydrogens is 280 g/mol. The Kier molecular flexibility index (Phi) is 4.52. The summed E-state index contributed by atoms with van der Waals surface area (Å²) in [6.07, 6.45) is 0. The number of hydrogen-bond acceptors (Lipinski definition) is 5. The van der Waals surface area contributed by atoms with Crippen molar-refractivity contribution in [2.45, 2.75) is 46.6 Å². The molecule has 114 valence electrons. The molecule has 2 aromatic rings. The molecule has 0 radical (unpaired) electrons. The Morgan fingerprint density at radius 3 is 2.29 bits per heavy atom. The summed E-state index contributed by atoms with van der Waals surface area (Å²) in [5.41, 5.74) is 3.62. The molecule has 0 saturated heterocycles. The van der Waals surface area contributed by atoms with Gasteiger partial charge < -0.3 is 10.6 Å². The minimum Gasteiger partial charge on any atom is -0.373 e. The number of anilines is 2. The van der Waals surface area contributed by atoms with E-state index in [1.165, 1.54) is 11.1 Å². The zero-order valence-electron chi connectivity index (χ0n) is 13.7. The van der Waals surface area contributed by atoms with E-state index >= 15 is 0 Å². The van der Waals surface area contributed by atoms with Crippen LogP contribution < -0.4 is 10.6 Å². The van der Waals surface area contributed by atoms with Crippen molar-refractivity contribution in [1.29, 1.82) is 0 Å². The van der Waals surface area contributed by atoms with Gasteiger partial charge in [0.05, 0.1) is 0 Å². The summed E-state index contributed by atoms with van der Waals surface area (Å²) >= 11 is 1.74. The molecule has 0 aliphatic carbocycles. The number of hydrogen-bond donors (Lipinski definition) is 2. The van der Waals surface area contributed by atoms with E-state index in [2.05, 4.69) is 54.1 Å². The van der Waals surface area contributed by atoms with Crippen LogP contribution in [0, 0.1) is 13.8 Å². The molecule has 0 spiro atoms. The first-order chi connectivity index (χ1) is 9.82. The lowest BCUT2D eigenvalue weighted by Gasteiger charge is -2.20. The van der Waals surface area contributed by atoms with Crippen LogP contribution >= 0.6 is 11.3 Å². The third-order valence-electron chi connectivity index (χ3n) is 3.46. The fourth-order valence-electron chi connectivity index (χ4n) is 2.01. The largest absolute Gasteiger partial charge is 0.373 e. The van der Waals surface area contributed by atoms with E-state index in [0.29, 0.717) is 0 Å². The zero-order chi connectivity index (χ0) is 15.6. The number of aryl methyl sites for hydroxylation is 1. The molecule has 2 heterocycles. The summed E-state index contributed by atoms with van der Waals surface area (Å²) < 4.78 is 0. The molecule has 0 aromatic carbocycles. The topological polar surface area (TPSA) is 49.8 Å². The Hall–Kier alpha value is -1.62. The van der Waals surface area contributed by atoms with Gasteiger partial charge in [-0.25, -0.2) is 9.97 Å². The quantitative estimate of drug-likeness (QED) is 0.892. The maximum Gasteiger partial charge on any atom is 0.138 e. The normalized spacial score (nSPS) is 11.5. The van der Waals surface area contributed by atoms with Gasteiger partial charge in [0.15, 0.2) is 0 Å². The molecule has 5 heteroatoms. The number of nitrogens with zero attached hydrogens (tertiary/aromatic N) is 2. The molecule has 0 aliphatic heterocycles. The van der Waals surface area contributed by atoms with Gasteiger partial charge in [-0.3, -0.25) is 0 Å². The third-order valence-corrected chi connectivity index (χ3v) is 4.37. The third kappa shape index (κ3) is 3.53. The maximum atomic E-state index is 4.72. The van der Waals surface area contributed by atoms with E-state index in [0.717, 1.165) is 29.6 Å². The van der Waals surface area contributed by atoms with Crippen molar-refractivity contribution < 1.29 is 0 Å². The first kappa shape index (κ1) is 15.8. The van der Waals surface area contributed by atoms with E-state index in [9.17, 15) is 0 Å². The highest BCUT2D eigenvalue weighted by molar-refractivity contribution is 7.08. The predicted molar refractivity (Wildman–Crippen MR) is 91.4 cm³/mol. The van der Waals surface area contributed by atoms with Crippen LogP contribution in [0.5, 0.6) is 0 Å². The second-order valence-corrected chi connectivity index (χ2v) is 7.05. The molecule has 0 atom stereocenters. The summed E-state index contributed by atoms with van der Waals surface area (Å²) in [7, 11) is 1.90. The lowest BCUT2D eigenvalue weighted by Crippen LogP contribution is -2.19. The molecule has 0 aliphatic rings. The van der Waals surface area contributed by atoms with E-state index in [-0.39, 0.29) is 5.41 Å². The van der Waals surface area contributed by atoms with Gasteiger partial charge in [-0.05, 0) is 35.7 Å². The van der Waals surface area contributed by atoms with Crippen molar-refractivity contribution in [3.05, 3.63) is 33.3 Å². The van der Waals surface area contributed by atoms with Crippen LogP contribution in [0.3, 0.4) is 0 Å². The van der Waals surface area contributed by atoms with Gasteiger partial charge in [0.25, 0.3) is 0 Å². The summed E-state index contributed by atoms with van der Waals surface area (Å²) in [6.45, 7) is 11.4. The van der Waals surface area contributed by atoms with Gasteiger partial charge in [0, 0.05) is 24.6 Å². The van der Waals surface area contributed by atoms with Crippen molar-refractivity contribution in [3.8, 4) is 0 Å². The summed E-state index contributed by atoms with van der Waals surface area (Å²) in [4.78, 5) is 9.35. The Labute approximate surface area is 131 Å². The Morgan fingerprint density at radius 1 is 1.10 bits per heavy atom. The van der Waals surface area contributed by atoms with Gasteiger partial charge in [-0.2, -0.15) is 11.3 Å². The molecular formula is C16H24N4S. The molecule has 2 N–H and O–H groups in total. The monoisotopic (exact) mass is 304 g/mol. The first-order valence-corrected chi connectivity index (χ1v) is 8.09. The molecule has 2 aromatic heterocycles. The molecule has 2 rings (SSSR count). The minimum atomic E-state index is -0.0754. The van der Waals surface area contributed by atoms with Crippen molar-refractivity contribution >= 4 is 23.0 Å². The van der Waals surface area contributed by atoms with Crippen LogP contribution in [-0.4, -0.2) is 17.0 Å². The minimum absolute atomic E-state index is 0.0754. The predicted octanol–water partition coefficient (Wildman–Crippen LogP) is 4.11. The van der Waals surface area contributed by atoms with Crippen molar-refractivity contribution in [1.82, 2.24) is 9.97 Å². The second-order valence-electron chi connectivity index (χ2n) is 6.30. The van der Waals surface area contributed by atoms with Crippen LogP contribution in [0.25, 0.3) is 0 Å². The fraction of sp³-hybridized carbons (Fsp3) is 0.500. The Balaban J connectivity index is 2.31. The Morgan fingerprint density at radius 2 is 1.76 bits per heavy atom. The molecule has 0 fully saturated rings. The summed E-state index contributed by atoms with van der Waals surface area (Å²) in [5.74, 6) is 2.64. The average molecular weight is 304 g/mol. The Bertz CT molecular complexity index is 626. The molecule has 4 nitrogen and oxygen atoms in total. The number of rotatable bonds is 4. The van der Waals surface area contributed by atoms with Crippen molar-refractivity contribution in [3.63, 3.8) is 0 Å². The van der Waals surface area contributed by atoms with Gasteiger partial charge in [0.1, 0.15) is 17.5 Å². The van der Waals surface area contributed by atoms with Gasteiger partial charge >= 0.3 is 0 Å². The second kappa shape index (κ2) is 6.02. The highest BCUT2D eigenvalue weighted by atomic mass is 32.1.